The number of nitrogens with two attached hydrogens (primary N) is 1. The Balaban J connectivity index is 2.94. The van der Waals surface area contributed by atoms with Crippen LogP contribution in [-0.2, 0) is 4.74 Å². The van der Waals surface area contributed by atoms with Crippen LogP contribution in [-0.4, -0.2) is 12.7 Å². The van der Waals surface area contributed by atoms with Crippen molar-refractivity contribution in [2.45, 2.75) is 96.8 Å². The van der Waals surface area contributed by atoms with E-state index in [1.54, 1.807) is 0 Å². The Bertz CT molecular complexity index is 207. The lowest BCUT2D eigenvalue weighted by molar-refractivity contribution is 0.154. The zero-order valence-electron chi connectivity index (χ0n) is 13.5. The minimum atomic E-state index is -0.653. The summed E-state index contributed by atoms with van der Waals surface area (Å²) in [6.45, 7) is 2.75. The molecule has 0 bridgehead atoms. The number of amides is 1. The van der Waals surface area contributed by atoms with Crippen molar-refractivity contribution >= 4 is 6.09 Å². The Kier molecular flexibility index (Phi) is 15.7. The van der Waals surface area contributed by atoms with Gasteiger partial charge in [0.2, 0.25) is 0 Å². The van der Waals surface area contributed by atoms with Crippen LogP contribution in [0.15, 0.2) is 0 Å². The van der Waals surface area contributed by atoms with Crippen molar-refractivity contribution in [1.82, 2.24) is 0 Å². The van der Waals surface area contributed by atoms with Gasteiger partial charge >= 0.3 is 6.09 Å². The molecule has 3 nitrogen and oxygen atoms in total. The monoisotopic (exact) mass is 285 g/mol. The summed E-state index contributed by atoms with van der Waals surface area (Å²) in [7, 11) is 0. The molecule has 0 saturated carbocycles. The molecular weight excluding hydrogens is 250 g/mol. The fourth-order valence-corrected chi connectivity index (χ4v) is 2.47. The third kappa shape index (κ3) is 17.3. The molecule has 20 heavy (non-hydrogen) atoms. The first-order valence-electron chi connectivity index (χ1n) is 8.69. The summed E-state index contributed by atoms with van der Waals surface area (Å²) in [6, 6.07) is 0. The van der Waals surface area contributed by atoms with E-state index in [9.17, 15) is 4.79 Å². The van der Waals surface area contributed by atoms with Crippen LogP contribution in [0.2, 0.25) is 0 Å². The van der Waals surface area contributed by atoms with Gasteiger partial charge in [-0.2, -0.15) is 0 Å². The van der Waals surface area contributed by atoms with E-state index in [4.69, 9.17) is 5.73 Å². The lowest BCUT2D eigenvalue weighted by Crippen LogP contribution is -2.13. The molecule has 0 aliphatic carbocycles. The Morgan fingerprint density at radius 3 is 1.40 bits per heavy atom. The van der Waals surface area contributed by atoms with Crippen molar-refractivity contribution in [3.63, 3.8) is 0 Å². The molecule has 0 aromatic rings. The number of rotatable bonds is 15. The first kappa shape index (κ1) is 19.3. The van der Waals surface area contributed by atoms with Gasteiger partial charge in [-0.15, -0.1) is 0 Å². The average Bonchev–Trinajstić information content (AvgIpc) is 2.43. The zero-order valence-corrected chi connectivity index (χ0v) is 13.5. The third-order valence-electron chi connectivity index (χ3n) is 3.74. The molecule has 0 atom stereocenters. The topological polar surface area (TPSA) is 52.3 Å². The van der Waals surface area contributed by atoms with E-state index in [1.165, 1.54) is 77.0 Å². The number of primary amides is 1. The maximum Gasteiger partial charge on any atom is 0.404 e. The predicted molar refractivity (Wildman–Crippen MR) is 85.8 cm³/mol. The van der Waals surface area contributed by atoms with E-state index in [0.717, 1.165) is 12.8 Å². The minimum absolute atomic E-state index is 0.480. The molecule has 0 aliphatic rings. The zero-order chi connectivity index (χ0) is 14.9. The van der Waals surface area contributed by atoms with Crippen molar-refractivity contribution < 1.29 is 9.53 Å². The van der Waals surface area contributed by atoms with E-state index in [2.05, 4.69) is 11.7 Å². The van der Waals surface area contributed by atoms with Crippen LogP contribution in [0, 0.1) is 0 Å². The summed E-state index contributed by atoms with van der Waals surface area (Å²) in [6.07, 6.45) is 18.0. The van der Waals surface area contributed by atoms with Gasteiger partial charge in [0, 0.05) is 0 Å². The first-order chi connectivity index (χ1) is 9.77. The summed E-state index contributed by atoms with van der Waals surface area (Å²) >= 11 is 0. The van der Waals surface area contributed by atoms with Crippen LogP contribution >= 0.6 is 0 Å². The first-order valence-corrected chi connectivity index (χ1v) is 8.69. The minimum Gasteiger partial charge on any atom is -0.450 e. The second kappa shape index (κ2) is 16.3. The van der Waals surface area contributed by atoms with Gasteiger partial charge in [-0.05, 0) is 6.42 Å². The number of hydrogen-bond donors (Lipinski definition) is 1. The molecule has 0 aromatic heterocycles. The molecule has 3 heteroatoms. The summed E-state index contributed by atoms with van der Waals surface area (Å²) < 4.78 is 4.69. The average molecular weight is 285 g/mol. The van der Waals surface area contributed by atoms with Crippen LogP contribution in [0.1, 0.15) is 96.8 Å². The number of ether oxygens (including phenoxy) is 1. The number of hydrogen-bond acceptors (Lipinski definition) is 2. The predicted octanol–water partition coefficient (Wildman–Crippen LogP) is 5.56. The summed E-state index contributed by atoms with van der Waals surface area (Å²) in [5, 5.41) is 0. The van der Waals surface area contributed by atoms with Crippen molar-refractivity contribution in [3.8, 4) is 0 Å². The Morgan fingerprint density at radius 1 is 0.700 bits per heavy atom. The maximum absolute atomic E-state index is 10.3. The smallest absolute Gasteiger partial charge is 0.404 e. The van der Waals surface area contributed by atoms with E-state index < -0.39 is 6.09 Å². The summed E-state index contributed by atoms with van der Waals surface area (Å²) in [4.78, 5) is 10.3. The fourth-order valence-electron chi connectivity index (χ4n) is 2.47. The SMILES string of the molecule is CCCCCCCCCCCCCCCCOC(N)=O. The molecule has 0 aromatic carbocycles. The quantitative estimate of drug-likeness (QED) is 0.400. The van der Waals surface area contributed by atoms with Gasteiger partial charge in [0.15, 0.2) is 0 Å². The Labute approximate surface area is 125 Å². The van der Waals surface area contributed by atoms with Crippen LogP contribution < -0.4 is 5.73 Å². The van der Waals surface area contributed by atoms with Gasteiger partial charge < -0.3 is 10.5 Å². The standard InChI is InChI=1S/C17H35NO2/c1-2-3-4-5-6-7-8-9-10-11-12-13-14-15-16-20-17(18)19/h2-16H2,1H3,(H2,18,19). The summed E-state index contributed by atoms with van der Waals surface area (Å²) in [5.41, 5.74) is 4.89. The van der Waals surface area contributed by atoms with Crippen molar-refractivity contribution in [1.29, 1.82) is 0 Å². The molecule has 0 radical (unpaired) electrons. The fraction of sp³-hybridized carbons (Fsp3) is 0.941. The molecule has 2 N–H and O–H groups in total. The van der Waals surface area contributed by atoms with Crippen LogP contribution in [0.3, 0.4) is 0 Å². The highest BCUT2D eigenvalue weighted by Gasteiger charge is 1.95. The number of carbonyl (C=O) groups excluding carboxylic acids is 1. The van der Waals surface area contributed by atoms with Crippen molar-refractivity contribution in [2.75, 3.05) is 6.61 Å². The number of carbonyl (C=O) groups is 1. The summed E-state index contributed by atoms with van der Waals surface area (Å²) in [5.74, 6) is 0. The normalized spacial score (nSPS) is 10.7. The molecular formula is C17H35NO2. The van der Waals surface area contributed by atoms with Crippen molar-refractivity contribution in [2.24, 2.45) is 5.73 Å². The maximum atomic E-state index is 10.3. The molecule has 120 valence electrons. The Morgan fingerprint density at radius 2 is 1.05 bits per heavy atom. The molecule has 0 rings (SSSR count). The third-order valence-corrected chi connectivity index (χ3v) is 3.74. The Hall–Kier alpha value is -0.730. The molecule has 0 heterocycles. The molecule has 0 aliphatic heterocycles. The molecule has 0 fully saturated rings. The molecule has 1 amide bonds. The van der Waals surface area contributed by atoms with E-state index >= 15 is 0 Å². The highest BCUT2D eigenvalue weighted by molar-refractivity contribution is 5.64. The van der Waals surface area contributed by atoms with E-state index in [0.29, 0.717) is 6.61 Å². The highest BCUT2D eigenvalue weighted by atomic mass is 16.5. The van der Waals surface area contributed by atoms with Crippen LogP contribution in [0.25, 0.3) is 0 Å². The second-order valence-electron chi connectivity index (χ2n) is 5.76. The lowest BCUT2D eigenvalue weighted by Gasteiger charge is -2.03. The largest absolute Gasteiger partial charge is 0.450 e. The van der Waals surface area contributed by atoms with Crippen molar-refractivity contribution in [3.05, 3.63) is 0 Å². The van der Waals surface area contributed by atoms with Gasteiger partial charge in [-0.3, -0.25) is 0 Å². The van der Waals surface area contributed by atoms with Crippen LogP contribution in [0.4, 0.5) is 4.79 Å². The van der Waals surface area contributed by atoms with Gasteiger partial charge in [0.25, 0.3) is 0 Å². The molecule has 0 unspecified atom stereocenters. The van der Waals surface area contributed by atoms with Gasteiger partial charge in [0.1, 0.15) is 0 Å². The molecule has 0 saturated heterocycles. The van der Waals surface area contributed by atoms with Gasteiger partial charge in [-0.25, -0.2) is 4.79 Å². The highest BCUT2D eigenvalue weighted by Crippen LogP contribution is 2.12. The number of unbranched alkanes of at least 4 members (excludes halogenated alkanes) is 13. The van der Waals surface area contributed by atoms with E-state index in [1.807, 2.05) is 0 Å². The lowest BCUT2D eigenvalue weighted by atomic mass is 10.0. The molecule has 0 spiro atoms. The van der Waals surface area contributed by atoms with Gasteiger partial charge in [0.05, 0.1) is 6.61 Å². The second-order valence-corrected chi connectivity index (χ2v) is 5.76. The van der Waals surface area contributed by atoms with Crippen LogP contribution in [0.5, 0.6) is 0 Å². The van der Waals surface area contributed by atoms with Gasteiger partial charge in [-0.1, -0.05) is 90.4 Å². The van der Waals surface area contributed by atoms with E-state index in [-0.39, 0.29) is 0 Å².